The molecule has 2 rings (SSSR count). The highest BCUT2D eigenvalue weighted by atomic mass is 16.5. The molecule has 1 unspecified atom stereocenters. The van der Waals surface area contributed by atoms with Gasteiger partial charge in [0.2, 0.25) is 5.91 Å². The fourth-order valence-corrected chi connectivity index (χ4v) is 2.19. The Morgan fingerprint density at radius 3 is 3.00 bits per heavy atom. The number of carbonyl (C=O) groups is 1. The van der Waals surface area contributed by atoms with Crippen LogP contribution in [-0.2, 0) is 9.53 Å². The van der Waals surface area contributed by atoms with Crippen molar-refractivity contribution in [3.8, 4) is 0 Å². The molecule has 1 heterocycles. The summed E-state index contributed by atoms with van der Waals surface area (Å²) >= 11 is 0. The number of hydrogen-bond acceptors (Lipinski definition) is 3. The molecule has 0 spiro atoms. The quantitative estimate of drug-likeness (QED) is 0.722. The highest BCUT2D eigenvalue weighted by molar-refractivity contribution is 5.78. The van der Waals surface area contributed by atoms with Crippen LogP contribution in [0.15, 0.2) is 0 Å². The van der Waals surface area contributed by atoms with Crippen molar-refractivity contribution >= 4 is 5.91 Å². The van der Waals surface area contributed by atoms with Crippen LogP contribution in [0.1, 0.15) is 26.2 Å². The molecule has 4 heteroatoms. The van der Waals surface area contributed by atoms with Crippen LogP contribution in [0.25, 0.3) is 0 Å². The molecule has 0 aromatic carbocycles. The van der Waals surface area contributed by atoms with Crippen molar-refractivity contribution in [3.63, 3.8) is 0 Å². The van der Waals surface area contributed by atoms with Crippen LogP contribution < -0.4 is 5.32 Å². The van der Waals surface area contributed by atoms with E-state index in [2.05, 4.69) is 12.2 Å². The third kappa shape index (κ3) is 3.19. The van der Waals surface area contributed by atoms with E-state index in [0.717, 1.165) is 32.0 Å². The average molecular weight is 226 g/mol. The first kappa shape index (κ1) is 11.9. The molecule has 0 aromatic heterocycles. The van der Waals surface area contributed by atoms with E-state index >= 15 is 0 Å². The highest BCUT2D eigenvalue weighted by Gasteiger charge is 2.33. The molecule has 1 aliphatic heterocycles. The molecule has 1 aliphatic carbocycles. The van der Waals surface area contributed by atoms with Crippen LogP contribution in [0.3, 0.4) is 0 Å². The number of amides is 1. The fraction of sp³-hybridized carbons (Fsp3) is 0.917. The number of morpholine rings is 1. The zero-order valence-electron chi connectivity index (χ0n) is 10.1. The Morgan fingerprint density at radius 2 is 2.38 bits per heavy atom. The number of hydrogen-bond donors (Lipinski definition) is 1. The largest absolute Gasteiger partial charge is 0.370 e. The molecule has 1 saturated carbocycles. The molecule has 1 amide bonds. The van der Waals surface area contributed by atoms with E-state index in [1.54, 1.807) is 0 Å². The summed E-state index contributed by atoms with van der Waals surface area (Å²) in [6.07, 6.45) is 3.79. The van der Waals surface area contributed by atoms with E-state index in [1.807, 2.05) is 4.90 Å². The Kier molecular flexibility index (Phi) is 4.18. The summed E-state index contributed by atoms with van der Waals surface area (Å²) < 4.78 is 5.14. The maximum atomic E-state index is 11.6. The van der Waals surface area contributed by atoms with Crippen molar-refractivity contribution in [3.05, 3.63) is 0 Å². The van der Waals surface area contributed by atoms with E-state index in [-0.39, 0.29) is 12.5 Å². The smallest absolute Gasteiger partial charge is 0.248 e. The first-order valence-corrected chi connectivity index (χ1v) is 6.40. The lowest BCUT2D eigenvalue weighted by atomic mass is 10.1. The minimum Gasteiger partial charge on any atom is -0.370 e. The molecule has 1 saturated heterocycles. The first-order chi connectivity index (χ1) is 7.81. The topological polar surface area (TPSA) is 41.6 Å². The van der Waals surface area contributed by atoms with Crippen LogP contribution in [0.2, 0.25) is 0 Å². The third-order valence-corrected chi connectivity index (χ3v) is 3.35. The Bertz CT molecular complexity index is 241. The average Bonchev–Trinajstić information content (AvgIpc) is 3.10. The van der Waals surface area contributed by atoms with Crippen molar-refractivity contribution in [1.29, 1.82) is 0 Å². The first-order valence-electron chi connectivity index (χ1n) is 6.40. The zero-order valence-corrected chi connectivity index (χ0v) is 10.1. The van der Waals surface area contributed by atoms with Gasteiger partial charge in [0, 0.05) is 19.1 Å². The molecule has 1 atom stereocenters. The maximum Gasteiger partial charge on any atom is 0.248 e. The molecule has 0 aromatic rings. The molecule has 16 heavy (non-hydrogen) atoms. The van der Waals surface area contributed by atoms with Gasteiger partial charge in [-0.3, -0.25) is 4.79 Å². The van der Waals surface area contributed by atoms with Gasteiger partial charge in [-0.15, -0.1) is 0 Å². The van der Waals surface area contributed by atoms with Crippen LogP contribution in [0, 0.1) is 5.92 Å². The molecule has 0 bridgehead atoms. The highest BCUT2D eigenvalue weighted by Crippen LogP contribution is 2.33. The second kappa shape index (κ2) is 5.64. The Labute approximate surface area is 97.3 Å². The second-order valence-corrected chi connectivity index (χ2v) is 4.79. The normalized spacial score (nSPS) is 23.6. The Hall–Kier alpha value is -0.610. The lowest BCUT2D eigenvalue weighted by Gasteiger charge is -2.31. The van der Waals surface area contributed by atoms with E-state index in [9.17, 15) is 4.79 Å². The molecule has 0 radical (unpaired) electrons. The Balaban J connectivity index is 1.81. The fourth-order valence-electron chi connectivity index (χ4n) is 2.19. The number of nitrogens with zero attached hydrogens (tertiary/aromatic N) is 1. The summed E-state index contributed by atoms with van der Waals surface area (Å²) in [5.74, 6) is 0.942. The summed E-state index contributed by atoms with van der Waals surface area (Å²) in [6.45, 7) is 5.82. The van der Waals surface area contributed by atoms with Crippen molar-refractivity contribution in [2.45, 2.75) is 32.2 Å². The lowest BCUT2D eigenvalue weighted by Crippen LogP contribution is -2.49. The van der Waals surface area contributed by atoms with E-state index in [4.69, 9.17) is 4.74 Å². The SMILES string of the molecule is CCCNC(CN1CCOCC1=O)C1CC1. The minimum absolute atomic E-state index is 0.148. The molecule has 4 nitrogen and oxygen atoms in total. The van der Waals surface area contributed by atoms with Gasteiger partial charge in [-0.2, -0.15) is 0 Å². The molecular formula is C12H22N2O2. The van der Waals surface area contributed by atoms with Gasteiger partial charge in [-0.05, 0) is 31.7 Å². The summed E-state index contributed by atoms with van der Waals surface area (Å²) in [5, 5.41) is 3.56. The lowest BCUT2D eigenvalue weighted by molar-refractivity contribution is -0.143. The monoisotopic (exact) mass is 226 g/mol. The van der Waals surface area contributed by atoms with Crippen LogP contribution in [0.4, 0.5) is 0 Å². The van der Waals surface area contributed by atoms with Crippen LogP contribution in [-0.4, -0.2) is 49.7 Å². The second-order valence-electron chi connectivity index (χ2n) is 4.79. The number of carbonyl (C=O) groups excluding carboxylic acids is 1. The molecule has 92 valence electrons. The zero-order chi connectivity index (χ0) is 11.4. The molecule has 1 N–H and O–H groups in total. The standard InChI is InChI=1S/C12H22N2O2/c1-2-5-13-11(10-3-4-10)8-14-6-7-16-9-12(14)15/h10-11,13H,2-9H2,1H3. The molecule has 2 aliphatic rings. The van der Waals surface area contributed by atoms with Crippen molar-refractivity contribution < 1.29 is 9.53 Å². The predicted molar refractivity (Wildman–Crippen MR) is 62.2 cm³/mol. The van der Waals surface area contributed by atoms with Crippen molar-refractivity contribution in [2.75, 3.05) is 32.8 Å². The van der Waals surface area contributed by atoms with Gasteiger partial charge >= 0.3 is 0 Å². The summed E-state index contributed by atoms with van der Waals surface area (Å²) in [5.41, 5.74) is 0. The summed E-state index contributed by atoms with van der Waals surface area (Å²) in [6, 6.07) is 0.502. The van der Waals surface area contributed by atoms with Gasteiger partial charge in [-0.1, -0.05) is 6.92 Å². The molecule has 2 fully saturated rings. The van der Waals surface area contributed by atoms with Crippen molar-refractivity contribution in [1.82, 2.24) is 10.2 Å². The van der Waals surface area contributed by atoms with E-state index in [1.165, 1.54) is 12.8 Å². The van der Waals surface area contributed by atoms with Crippen molar-refractivity contribution in [2.24, 2.45) is 5.92 Å². The minimum atomic E-state index is 0.148. The predicted octanol–water partition coefficient (Wildman–Crippen LogP) is 0.623. The number of ether oxygens (including phenoxy) is 1. The maximum absolute atomic E-state index is 11.6. The van der Waals surface area contributed by atoms with Crippen LogP contribution in [0.5, 0.6) is 0 Å². The van der Waals surface area contributed by atoms with Gasteiger partial charge in [-0.25, -0.2) is 0 Å². The number of rotatable bonds is 6. The summed E-state index contributed by atoms with van der Waals surface area (Å²) in [7, 11) is 0. The van der Waals surface area contributed by atoms with Gasteiger partial charge in [0.15, 0.2) is 0 Å². The van der Waals surface area contributed by atoms with E-state index in [0.29, 0.717) is 12.6 Å². The van der Waals surface area contributed by atoms with Gasteiger partial charge in [0.05, 0.1) is 6.61 Å². The van der Waals surface area contributed by atoms with Gasteiger partial charge < -0.3 is 15.0 Å². The third-order valence-electron chi connectivity index (χ3n) is 3.35. The van der Waals surface area contributed by atoms with Gasteiger partial charge in [0.25, 0.3) is 0 Å². The van der Waals surface area contributed by atoms with E-state index < -0.39 is 0 Å². The molecular weight excluding hydrogens is 204 g/mol. The number of nitrogens with one attached hydrogen (secondary N) is 1. The van der Waals surface area contributed by atoms with Gasteiger partial charge in [0.1, 0.15) is 6.61 Å². The summed E-state index contributed by atoms with van der Waals surface area (Å²) in [4.78, 5) is 13.6. The Morgan fingerprint density at radius 1 is 1.56 bits per heavy atom. The van der Waals surface area contributed by atoms with Crippen LogP contribution >= 0.6 is 0 Å².